The van der Waals surface area contributed by atoms with Crippen molar-refractivity contribution in [2.75, 3.05) is 23.0 Å². The van der Waals surface area contributed by atoms with Gasteiger partial charge in [-0.05, 0) is 79.3 Å². The Balaban J connectivity index is 1.95. The Kier molecular flexibility index (Phi) is 7.38. The molecule has 2 atom stereocenters. The van der Waals surface area contributed by atoms with Crippen molar-refractivity contribution in [1.29, 1.82) is 0 Å². The number of hydrogen-bond acceptors (Lipinski definition) is 5. The Morgan fingerprint density at radius 3 is 2.16 bits per heavy atom. The fourth-order valence-electron chi connectivity index (χ4n) is 4.05. The van der Waals surface area contributed by atoms with Gasteiger partial charge in [-0.15, -0.1) is 47.0 Å². The summed E-state index contributed by atoms with van der Waals surface area (Å²) in [6.07, 6.45) is 5.66. The van der Waals surface area contributed by atoms with Gasteiger partial charge in [0.15, 0.2) is 8.32 Å². The largest absolute Gasteiger partial charge is 0.414 e. The topological polar surface area (TPSA) is 9.23 Å². The molecule has 3 aliphatic rings. The first-order valence-corrected chi connectivity index (χ1v) is 17.1. The fourth-order valence-corrected chi connectivity index (χ4v) is 11.3. The van der Waals surface area contributed by atoms with Crippen LogP contribution in [-0.2, 0) is 4.43 Å². The van der Waals surface area contributed by atoms with Gasteiger partial charge in [0.2, 0.25) is 0 Å². The maximum atomic E-state index is 6.86. The van der Waals surface area contributed by atoms with Gasteiger partial charge in [-0.1, -0.05) is 13.8 Å². The maximum absolute atomic E-state index is 6.86. The van der Waals surface area contributed by atoms with Crippen LogP contribution in [0.1, 0.15) is 39.5 Å². The minimum atomic E-state index is -1.55. The Labute approximate surface area is 173 Å². The normalized spacial score (nSPS) is 32.0. The van der Waals surface area contributed by atoms with E-state index in [4.69, 9.17) is 4.43 Å². The van der Waals surface area contributed by atoms with Crippen LogP contribution < -0.4 is 0 Å². The predicted molar refractivity (Wildman–Crippen MR) is 125 cm³/mol. The molecule has 6 heteroatoms. The van der Waals surface area contributed by atoms with Crippen LogP contribution in [0.3, 0.4) is 0 Å². The van der Waals surface area contributed by atoms with E-state index in [1.165, 1.54) is 48.7 Å². The highest BCUT2D eigenvalue weighted by molar-refractivity contribution is 8.22. The lowest BCUT2D eigenvalue weighted by atomic mass is 9.69. The molecule has 1 aliphatic carbocycles. The third-order valence-corrected chi connectivity index (χ3v) is 11.8. The van der Waals surface area contributed by atoms with Crippen LogP contribution in [0.5, 0.6) is 0 Å². The third kappa shape index (κ3) is 5.90. The molecule has 0 aromatic heterocycles. The highest BCUT2D eigenvalue weighted by atomic mass is 32.2. The van der Waals surface area contributed by atoms with Crippen LogP contribution >= 0.6 is 47.0 Å². The van der Waals surface area contributed by atoms with Gasteiger partial charge in [0, 0.05) is 10.2 Å². The molecule has 0 bridgehead atoms. The van der Waals surface area contributed by atoms with Gasteiger partial charge < -0.3 is 4.43 Å². The summed E-state index contributed by atoms with van der Waals surface area (Å²) in [7, 11) is -1.55. The molecule has 2 heterocycles. The third-order valence-electron chi connectivity index (χ3n) is 4.89. The molecule has 0 spiro atoms. The zero-order valence-corrected chi connectivity index (χ0v) is 20.7. The molecule has 25 heavy (non-hydrogen) atoms. The van der Waals surface area contributed by atoms with Gasteiger partial charge in [-0.25, -0.2) is 0 Å². The summed E-state index contributed by atoms with van der Waals surface area (Å²) >= 11 is 8.70. The van der Waals surface area contributed by atoms with E-state index >= 15 is 0 Å². The van der Waals surface area contributed by atoms with Crippen LogP contribution in [0.2, 0.25) is 19.6 Å². The van der Waals surface area contributed by atoms with Gasteiger partial charge in [-0.2, -0.15) is 0 Å². The van der Waals surface area contributed by atoms with Gasteiger partial charge in [0.25, 0.3) is 0 Å². The molecule has 1 saturated carbocycles. The number of rotatable bonds is 3. The Morgan fingerprint density at radius 1 is 0.960 bits per heavy atom. The smallest absolute Gasteiger partial charge is 0.184 e. The first kappa shape index (κ1) is 21.0. The van der Waals surface area contributed by atoms with Crippen molar-refractivity contribution in [1.82, 2.24) is 0 Å². The van der Waals surface area contributed by atoms with E-state index in [9.17, 15) is 0 Å². The zero-order chi connectivity index (χ0) is 18.1. The zero-order valence-electron chi connectivity index (χ0n) is 16.4. The minimum absolute atomic E-state index is 0.367. The molecule has 1 nitrogen and oxygen atoms in total. The molecular weight excluding hydrogens is 401 g/mol. The molecule has 0 amide bonds. The summed E-state index contributed by atoms with van der Waals surface area (Å²) in [6.45, 7) is 12.0. The van der Waals surface area contributed by atoms with E-state index in [0.717, 1.165) is 0 Å². The Hall–Kier alpha value is 1.32. The average Bonchev–Trinajstić information content (AvgIpc) is 2.53. The van der Waals surface area contributed by atoms with Crippen molar-refractivity contribution >= 4 is 55.4 Å². The van der Waals surface area contributed by atoms with E-state index in [1.54, 1.807) is 9.81 Å². The molecular formula is C19H34OS4Si. The molecule has 0 aromatic carbocycles. The summed E-state index contributed by atoms with van der Waals surface area (Å²) in [4.78, 5) is 0. The summed E-state index contributed by atoms with van der Waals surface area (Å²) in [5.74, 6) is 5.91. The molecule has 0 aromatic rings. The van der Waals surface area contributed by atoms with Crippen LogP contribution in [0, 0.1) is 11.3 Å². The van der Waals surface area contributed by atoms with Crippen LogP contribution in [0.25, 0.3) is 0 Å². The summed E-state index contributed by atoms with van der Waals surface area (Å²) < 4.78 is 9.23. The van der Waals surface area contributed by atoms with Gasteiger partial charge >= 0.3 is 0 Å². The van der Waals surface area contributed by atoms with E-state index in [-0.39, 0.29) is 0 Å². The van der Waals surface area contributed by atoms with Crippen LogP contribution in [-0.4, -0.2) is 42.0 Å². The van der Waals surface area contributed by atoms with Crippen LogP contribution in [0.4, 0.5) is 0 Å². The molecule has 3 rings (SSSR count). The first-order chi connectivity index (χ1) is 11.8. The number of hydrogen-bond donors (Lipinski definition) is 0. The molecule has 2 saturated heterocycles. The Bertz CT molecular complexity index is 484. The van der Waals surface area contributed by atoms with Crippen molar-refractivity contribution in [3.8, 4) is 0 Å². The minimum Gasteiger partial charge on any atom is -0.414 e. The molecule has 2 aliphatic heterocycles. The first-order valence-electron chi connectivity index (χ1n) is 9.65. The standard InChI is InChI=1S/C19H34OS4Si/c1-19(2)12-14(17-21-8-6-9-22-17)16(18-23-10-7-11-24-18)15(13-19)20-25(3,4)5/h15-16,18H,6-13H2,1-5H3/t15-,16-/m0/s1. The summed E-state index contributed by atoms with van der Waals surface area (Å²) in [5, 5.41) is 0. The van der Waals surface area contributed by atoms with Gasteiger partial charge in [-0.3, -0.25) is 0 Å². The SMILES string of the molecule is CC1(C)CC(=C2SCCCS2)[C@H](C2SCCCS2)[C@@H](O[Si](C)(C)C)C1. The molecule has 0 unspecified atom stereocenters. The summed E-state index contributed by atoms with van der Waals surface area (Å²) in [6, 6.07) is 0. The average molecular weight is 435 g/mol. The number of thioether (sulfide) groups is 4. The van der Waals surface area contributed by atoms with Crippen molar-refractivity contribution in [3.05, 3.63) is 9.81 Å². The molecule has 0 N–H and O–H groups in total. The van der Waals surface area contributed by atoms with Crippen molar-refractivity contribution in [3.63, 3.8) is 0 Å². The monoisotopic (exact) mass is 434 g/mol. The quantitative estimate of drug-likeness (QED) is 0.444. The highest BCUT2D eigenvalue weighted by Crippen LogP contribution is 2.54. The van der Waals surface area contributed by atoms with Gasteiger partial charge in [0.05, 0.1) is 10.7 Å². The molecule has 144 valence electrons. The van der Waals surface area contributed by atoms with Gasteiger partial charge in [0.1, 0.15) is 0 Å². The second kappa shape index (κ2) is 8.77. The fraction of sp³-hybridized carbons (Fsp3) is 0.895. The van der Waals surface area contributed by atoms with Crippen molar-refractivity contribution < 1.29 is 4.43 Å². The predicted octanol–water partition coefficient (Wildman–Crippen LogP) is 6.92. The highest BCUT2D eigenvalue weighted by Gasteiger charge is 2.45. The lowest BCUT2D eigenvalue weighted by Crippen LogP contribution is -2.46. The Morgan fingerprint density at radius 2 is 1.56 bits per heavy atom. The van der Waals surface area contributed by atoms with E-state index in [0.29, 0.717) is 22.0 Å². The van der Waals surface area contributed by atoms with E-state index in [2.05, 4.69) is 80.5 Å². The van der Waals surface area contributed by atoms with E-state index in [1.807, 2.05) is 0 Å². The lowest BCUT2D eigenvalue weighted by Gasteiger charge is -2.48. The lowest BCUT2D eigenvalue weighted by molar-refractivity contribution is 0.0669. The summed E-state index contributed by atoms with van der Waals surface area (Å²) in [5.41, 5.74) is 2.13. The maximum Gasteiger partial charge on any atom is 0.184 e. The second-order valence-corrected chi connectivity index (χ2v) is 18.9. The van der Waals surface area contributed by atoms with Crippen molar-refractivity contribution in [2.24, 2.45) is 11.3 Å². The molecule has 3 fully saturated rings. The van der Waals surface area contributed by atoms with E-state index < -0.39 is 8.32 Å². The molecule has 0 radical (unpaired) electrons. The van der Waals surface area contributed by atoms with Crippen molar-refractivity contribution in [2.45, 2.75) is 69.9 Å². The second-order valence-electron chi connectivity index (χ2n) is 9.17. The van der Waals surface area contributed by atoms with Crippen LogP contribution in [0.15, 0.2) is 9.81 Å².